The normalized spacial score (nSPS) is 11.3. The number of nitrogens with zero attached hydrogens (tertiary/aromatic N) is 3. The average Bonchev–Trinajstić information content (AvgIpc) is 3.35. The molecule has 1 amide bonds. The van der Waals surface area contributed by atoms with E-state index in [1.165, 1.54) is 11.8 Å². The van der Waals surface area contributed by atoms with Crippen molar-refractivity contribution in [3.05, 3.63) is 60.3 Å². The first-order valence-corrected chi connectivity index (χ1v) is 11.0. The molecule has 0 unspecified atom stereocenters. The van der Waals surface area contributed by atoms with Gasteiger partial charge in [-0.05, 0) is 30.5 Å². The van der Waals surface area contributed by atoms with Gasteiger partial charge in [0, 0.05) is 29.2 Å². The quantitative estimate of drug-likeness (QED) is 0.430. The molecule has 0 fully saturated rings. The number of hydrogen-bond acceptors (Lipinski definition) is 4. The number of H-pyrrole nitrogens is 1. The van der Waals surface area contributed by atoms with Crippen molar-refractivity contribution in [3.63, 3.8) is 0 Å². The molecule has 2 aromatic carbocycles. The minimum atomic E-state index is 0.00155. The summed E-state index contributed by atoms with van der Waals surface area (Å²) < 4.78 is 2.05. The van der Waals surface area contributed by atoms with Crippen LogP contribution in [0.25, 0.3) is 28.0 Å². The number of carbonyl (C=O) groups is 1. The highest BCUT2D eigenvalue weighted by Gasteiger charge is 2.20. The van der Waals surface area contributed by atoms with Crippen molar-refractivity contribution in [3.8, 4) is 17.1 Å². The van der Waals surface area contributed by atoms with Gasteiger partial charge in [-0.3, -0.25) is 9.36 Å². The van der Waals surface area contributed by atoms with E-state index in [0.717, 1.165) is 33.5 Å². The Hall–Kier alpha value is -3.06. The number of aryl methyl sites for hydroxylation is 1. The molecular weight excluding hydrogens is 394 g/mol. The van der Waals surface area contributed by atoms with E-state index in [0.29, 0.717) is 23.4 Å². The van der Waals surface area contributed by atoms with Crippen molar-refractivity contribution in [1.29, 1.82) is 0 Å². The maximum atomic E-state index is 12.3. The number of rotatable bonds is 7. The second kappa shape index (κ2) is 8.75. The van der Waals surface area contributed by atoms with Crippen LogP contribution in [0.3, 0.4) is 0 Å². The minimum Gasteiger partial charge on any atom is -0.360 e. The van der Waals surface area contributed by atoms with Crippen molar-refractivity contribution in [1.82, 2.24) is 25.1 Å². The SMILES string of the molecule is Cc1ccccc1-n1c(SCC(=O)NCC(C)C)nnc1-c1c[nH]c2ccccc12. The number of thioether (sulfide) groups is 1. The fourth-order valence-corrected chi connectivity index (χ4v) is 4.10. The highest BCUT2D eigenvalue weighted by Crippen LogP contribution is 2.33. The van der Waals surface area contributed by atoms with Crippen LogP contribution in [0.5, 0.6) is 0 Å². The molecule has 2 N–H and O–H groups in total. The van der Waals surface area contributed by atoms with Crippen LogP contribution in [0, 0.1) is 12.8 Å². The van der Waals surface area contributed by atoms with Crippen LogP contribution in [0.2, 0.25) is 0 Å². The monoisotopic (exact) mass is 419 g/mol. The highest BCUT2D eigenvalue weighted by atomic mass is 32.2. The molecule has 0 aliphatic carbocycles. The zero-order valence-electron chi connectivity index (χ0n) is 17.3. The van der Waals surface area contributed by atoms with Crippen molar-refractivity contribution in [2.75, 3.05) is 12.3 Å². The Balaban J connectivity index is 1.73. The van der Waals surface area contributed by atoms with E-state index < -0.39 is 0 Å². The maximum Gasteiger partial charge on any atom is 0.230 e. The van der Waals surface area contributed by atoms with E-state index in [1.54, 1.807) is 0 Å². The summed E-state index contributed by atoms with van der Waals surface area (Å²) in [5.74, 6) is 1.47. The van der Waals surface area contributed by atoms with E-state index >= 15 is 0 Å². The Labute approximate surface area is 180 Å². The smallest absolute Gasteiger partial charge is 0.230 e. The molecule has 0 spiro atoms. The molecule has 7 heteroatoms. The first kappa shape index (κ1) is 20.2. The van der Waals surface area contributed by atoms with E-state index in [9.17, 15) is 4.79 Å². The lowest BCUT2D eigenvalue weighted by atomic mass is 10.1. The molecule has 0 radical (unpaired) electrons. The number of fused-ring (bicyclic) bond motifs is 1. The lowest BCUT2D eigenvalue weighted by molar-refractivity contribution is -0.118. The molecule has 0 atom stereocenters. The van der Waals surface area contributed by atoms with Crippen LogP contribution >= 0.6 is 11.8 Å². The van der Waals surface area contributed by atoms with Gasteiger partial charge >= 0.3 is 0 Å². The van der Waals surface area contributed by atoms with E-state index in [2.05, 4.69) is 59.5 Å². The van der Waals surface area contributed by atoms with Crippen molar-refractivity contribution in [2.24, 2.45) is 5.92 Å². The molecular formula is C23H25N5OS. The summed E-state index contributed by atoms with van der Waals surface area (Å²) in [4.78, 5) is 15.6. The third-order valence-electron chi connectivity index (χ3n) is 4.86. The maximum absolute atomic E-state index is 12.3. The molecule has 0 aliphatic heterocycles. The first-order chi connectivity index (χ1) is 14.5. The van der Waals surface area contributed by atoms with E-state index in [4.69, 9.17) is 0 Å². The van der Waals surface area contributed by atoms with Gasteiger partial charge in [0.25, 0.3) is 0 Å². The van der Waals surface area contributed by atoms with Crippen molar-refractivity contribution >= 4 is 28.6 Å². The Morgan fingerprint density at radius 2 is 1.90 bits per heavy atom. The van der Waals surface area contributed by atoms with Crippen LogP contribution in [0.15, 0.2) is 59.9 Å². The number of para-hydroxylation sites is 2. The molecule has 0 aliphatic rings. The third kappa shape index (κ3) is 4.11. The summed E-state index contributed by atoms with van der Waals surface area (Å²) in [5, 5.41) is 13.7. The zero-order chi connectivity index (χ0) is 21.1. The largest absolute Gasteiger partial charge is 0.360 e. The summed E-state index contributed by atoms with van der Waals surface area (Å²) in [6, 6.07) is 16.3. The van der Waals surface area contributed by atoms with Gasteiger partial charge in [0.1, 0.15) is 0 Å². The van der Waals surface area contributed by atoms with Crippen molar-refractivity contribution < 1.29 is 4.79 Å². The van der Waals surface area contributed by atoms with E-state index in [-0.39, 0.29) is 5.91 Å². The lowest BCUT2D eigenvalue weighted by Gasteiger charge is -2.13. The second-order valence-corrected chi connectivity index (χ2v) is 8.61. The van der Waals surface area contributed by atoms with Crippen LogP contribution in [0.1, 0.15) is 19.4 Å². The number of aromatic nitrogens is 4. The number of nitrogens with one attached hydrogen (secondary N) is 2. The number of hydrogen-bond donors (Lipinski definition) is 2. The molecule has 4 rings (SSSR count). The topological polar surface area (TPSA) is 75.6 Å². The number of aromatic amines is 1. The van der Waals surface area contributed by atoms with Gasteiger partial charge in [-0.1, -0.05) is 62.0 Å². The Kier molecular flexibility index (Phi) is 5.90. The van der Waals surface area contributed by atoms with Gasteiger partial charge in [0.2, 0.25) is 5.91 Å². The van der Waals surface area contributed by atoms with Gasteiger partial charge < -0.3 is 10.3 Å². The summed E-state index contributed by atoms with van der Waals surface area (Å²) >= 11 is 1.40. The van der Waals surface area contributed by atoms with Gasteiger partial charge in [-0.25, -0.2) is 0 Å². The number of benzene rings is 2. The predicted molar refractivity (Wildman–Crippen MR) is 122 cm³/mol. The molecule has 2 heterocycles. The lowest BCUT2D eigenvalue weighted by Crippen LogP contribution is -2.28. The van der Waals surface area contributed by atoms with Gasteiger partial charge in [-0.15, -0.1) is 10.2 Å². The average molecular weight is 420 g/mol. The van der Waals surface area contributed by atoms with Gasteiger partial charge in [0.15, 0.2) is 11.0 Å². The van der Waals surface area contributed by atoms with Gasteiger partial charge in [-0.2, -0.15) is 0 Å². The molecule has 4 aromatic rings. The standard InChI is InChI=1S/C23H25N5OS/c1-15(2)12-25-21(29)14-30-23-27-26-22(28(23)20-11-7-4-8-16(20)3)18-13-24-19-10-6-5-9-17(18)19/h4-11,13,15,24H,12,14H2,1-3H3,(H,25,29). The molecule has 0 bridgehead atoms. The summed E-state index contributed by atoms with van der Waals surface area (Å²) in [7, 11) is 0. The predicted octanol–water partition coefficient (Wildman–Crippen LogP) is 4.59. The third-order valence-corrected chi connectivity index (χ3v) is 5.79. The van der Waals surface area contributed by atoms with Crippen LogP contribution < -0.4 is 5.32 Å². The molecule has 2 aromatic heterocycles. The second-order valence-electron chi connectivity index (χ2n) is 7.66. The molecule has 6 nitrogen and oxygen atoms in total. The van der Waals surface area contributed by atoms with Crippen molar-refractivity contribution in [2.45, 2.75) is 25.9 Å². The Bertz CT molecular complexity index is 1180. The molecule has 0 saturated carbocycles. The first-order valence-electron chi connectivity index (χ1n) is 10.0. The summed E-state index contributed by atoms with van der Waals surface area (Å²) in [6.07, 6.45) is 1.97. The minimum absolute atomic E-state index is 0.00155. The van der Waals surface area contributed by atoms with Crippen LogP contribution in [-0.4, -0.2) is 38.0 Å². The number of carbonyl (C=O) groups excluding carboxylic acids is 1. The Morgan fingerprint density at radius 3 is 2.70 bits per heavy atom. The molecule has 30 heavy (non-hydrogen) atoms. The fourth-order valence-electron chi connectivity index (χ4n) is 3.32. The number of amides is 1. The highest BCUT2D eigenvalue weighted by molar-refractivity contribution is 7.99. The molecule has 154 valence electrons. The molecule has 0 saturated heterocycles. The van der Waals surface area contributed by atoms with E-state index in [1.807, 2.05) is 41.1 Å². The van der Waals surface area contributed by atoms with Crippen LogP contribution in [0.4, 0.5) is 0 Å². The zero-order valence-corrected chi connectivity index (χ0v) is 18.2. The summed E-state index contributed by atoms with van der Waals surface area (Å²) in [6.45, 7) is 6.90. The summed E-state index contributed by atoms with van der Waals surface area (Å²) in [5.41, 5.74) is 4.16. The Morgan fingerprint density at radius 1 is 1.13 bits per heavy atom. The van der Waals surface area contributed by atoms with Crippen LogP contribution in [-0.2, 0) is 4.79 Å². The fraction of sp³-hybridized carbons (Fsp3) is 0.261. The van der Waals surface area contributed by atoms with Gasteiger partial charge in [0.05, 0.1) is 11.4 Å².